The monoisotopic (exact) mass is 553 g/mol. The van der Waals surface area contributed by atoms with Gasteiger partial charge in [-0.05, 0) is 53.6 Å². The summed E-state index contributed by atoms with van der Waals surface area (Å²) in [5, 5.41) is 11.5. The molecule has 208 valence electrons. The van der Waals surface area contributed by atoms with E-state index in [1.807, 2.05) is 30.3 Å². The van der Waals surface area contributed by atoms with E-state index in [0.29, 0.717) is 59.7 Å². The maximum Gasteiger partial charge on any atom is 0.296 e. The number of carbonyl (C=O) groups is 2. The standard InChI is InChI=1S/C32H27NO8/c1-37-26-16-21(9-11-24(26)41-19-20-6-3-2-4-7-20)29-28(31(35)32(36)33(29)18-23-8-5-13-38-23)30(34)22-10-12-25-27(17-22)40-15-14-39-25/h2-13,16-17,29,34H,14-15,18-19H2,1H3/b30-28-. The Bertz CT molecular complexity index is 1610. The van der Waals surface area contributed by atoms with Gasteiger partial charge in [-0.3, -0.25) is 9.59 Å². The Morgan fingerprint density at radius 2 is 1.73 bits per heavy atom. The molecular formula is C32H27NO8. The van der Waals surface area contributed by atoms with Crippen LogP contribution in [0.5, 0.6) is 23.0 Å². The maximum atomic E-state index is 13.5. The van der Waals surface area contributed by atoms with E-state index in [0.717, 1.165) is 5.56 Å². The number of carbonyl (C=O) groups excluding carboxylic acids is 2. The third-order valence-corrected chi connectivity index (χ3v) is 7.00. The summed E-state index contributed by atoms with van der Waals surface area (Å²) in [6.07, 6.45) is 1.50. The quantitative estimate of drug-likeness (QED) is 0.179. The topological polar surface area (TPSA) is 108 Å². The predicted molar refractivity (Wildman–Crippen MR) is 148 cm³/mol. The van der Waals surface area contributed by atoms with Gasteiger partial charge >= 0.3 is 0 Å². The molecule has 1 unspecified atom stereocenters. The number of Topliss-reactive ketones (excluding diaryl/α,β-unsaturated/α-hetero) is 1. The van der Waals surface area contributed by atoms with E-state index in [4.69, 9.17) is 23.4 Å². The first-order valence-electron chi connectivity index (χ1n) is 13.1. The number of methoxy groups -OCH3 is 1. The lowest BCUT2D eigenvalue weighted by molar-refractivity contribution is -0.140. The highest BCUT2D eigenvalue weighted by Gasteiger charge is 2.46. The SMILES string of the molecule is COc1cc(C2/C(=C(/O)c3ccc4c(c3)OCCO4)C(=O)C(=O)N2Cc2ccco2)ccc1OCc1ccccc1. The average Bonchev–Trinajstić information content (AvgIpc) is 3.62. The molecule has 1 amide bonds. The number of fused-ring (bicyclic) bond motifs is 1. The number of hydrogen-bond acceptors (Lipinski definition) is 8. The van der Waals surface area contributed by atoms with Gasteiger partial charge in [0.2, 0.25) is 0 Å². The summed E-state index contributed by atoms with van der Waals surface area (Å²) >= 11 is 0. The summed E-state index contributed by atoms with van der Waals surface area (Å²) in [4.78, 5) is 28.2. The van der Waals surface area contributed by atoms with E-state index in [9.17, 15) is 14.7 Å². The van der Waals surface area contributed by atoms with Gasteiger partial charge in [0, 0.05) is 5.56 Å². The zero-order valence-electron chi connectivity index (χ0n) is 22.2. The third-order valence-electron chi connectivity index (χ3n) is 7.00. The zero-order valence-corrected chi connectivity index (χ0v) is 22.2. The lowest BCUT2D eigenvalue weighted by atomic mass is 9.94. The number of rotatable bonds is 8. The molecule has 2 aliphatic heterocycles. The lowest BCUT2D eigenvalue weighted by Gasteiger charge is -2.25. The highest BCUT2D eigenvalue weighted by Crippen LogP contribution is 2.43. The summed E-state index contributed by atoms with van der Waals surface area (Å²) in [6, 6.07) is 22.3. The smallest absolute Gasteiger partial charge is 0.296 e. The minimum atomic E-state index is -0.926. The molecule has 4 aromatic rings. The number of ether oxygens (including phenoxy) is 4. The number of furan rings is 1. The molecule has 1 atom stereocenters. The van der Waals surface area contributed by atoms with E-state index in [1.165, 1.54) is 18.3 Å². The van der Waals surface area contributed by atoms with Gasteiger partial charge in [0.05, 0.1) is 31.5 Å². The van der Waals surface area contributed by atoms with E-state index >= 15 is 0 Å². The molecule has 0 aliphatic carbocycles. The number of ketones is 1. The maximum absolute atomic E-state index is 13.5. The Morgan fingerprint density at radius 1 is 0.927 bits per heavy atom. The number of aliphatic hydroxyl groups is 1. The molecule has 0 bridgehead atoms. The Hall–Kier alpha value is -5.18. The Kier molecular flexibility index (Phi) is 7.08. The van der Waals surface area contributed by atoms with Gasteiger partial charge < -0.3 is 33.4 Å². The molecular weight excluding hydrogens is 526 g/mol. The summed E-state index contributed by atoms with van der Waals surface area (Å²) < 4.78 is 28.4. The van der Waals surface area contributed by atoms with Crippen molar-refractivity contribution in [3.63, 3.8) is 0 Å². The summed E-state index contributed by atoms with van der Waals surface area (Å²) in [6.45, 7) is 1.14. The molecule has 0 spiro atoms. The minimum absolute atomic E-state index is 0.0226. The Balaban J connectivity index is 1.41. The van der Waals surface area contributed by atoms with Crippen LogP contribution in [0.2, 0.25) is 0 Å². The van der Waals surface area contributed by atoms with Crippen molar-refractivity contribution in [2.45, 2.75) is 19.2 Å². The van der Waals surface area contributed by atoms with Crippen LogP contribution in [0.1, 0.15) is 28.5 Å². The van der Waals surface area contributed by atoms with Gasteiger partial charge in [-0.25, -0.2) is 0 Å². The second kappa shape index (κ2) is 11.1. The predicted octanol–water partition coefficient (Wildman–Crippen LogP) is 5.26. The van der Waals surface area contributed by atoms with Gasteiger partial charge in [-0.15, -0.1) is 0 Å². The van der Waals surface area contributed by atoms with E-state index in [2.05, 4.69) is 0 Å². The molecule has 9 nitrogen and oxygen atoms in total. The van der Waals surface area contributed by atoms with Crippen LogP contribution in [-0.4, -0.2) is 42.0 Å². The molecule has 3 aromatic carbocycles. The van der Waals surface area contributed by atoms with Gasteiger partial charge in [-0.2, -0.15) is 0 Å². The zero-order chi connectivity index (χ0) is 28.3. The second-order valence-corrected chi connectivity index (χ2v) is 9.55. The number of aliphatic hydroxyl groups excluding tert-OH is 1. The molecule has 9 heteroatoms. The Labute approximate surface area is 236 Å². The van der Waals surface area contributed by atoms with Crippen molar-refractivity contribution in [1.29, 1.82) is 0 Å². The van der Waals surface area contributed by atoms with Crippen molar-refractivity contribution in [3.05, 3.63) is 113 Å². The molecule has 0 saturated carbocycles. The number of nitrogens with zero attached hydrogens (tertiary/aromatic N) is 1. The van der Waals surface area contributed by atoms with Crippen LogP contribution in [0.4, 0.5) is 0 Å². The molecule has 1 aromatic heterocycles. The van der Waals surface area contributed by atoms with Crippen molar-refractivity contribution in [3.8, 4) is 23.0 Å². The van der Waals surface area contributed by atoms with Gasteiger partial charge in [-0.1, -0.05) is 36.4 Å². The highest BCUT2D eigenvalue weighted by atomic mass is 16.6. The molecule has 1 saturated heterocycles. The van der Waals surface area contributed by atoms with Crippen molar-refractivity contribution in [2.24, 2.45) is 0 Å². The van der Waals surface area contributed by atoms with Crippen LogP contribution in [0, 0.1) is 0 Å². The van der Waals surface area contributed by atoms with Gasteiger partial charge in [0.15, 0.2) is 23.0 Å². The number of benzene rings is 3. The van der Waals surface area contributed by atoms with Crippen molar-refractivity contribution < 1.29 is 38.1 Å². The number of hydrogen-bond donors (Lipinski definition) is 1. The van der Waals surface area contributed by atoms with Crippen LogP contribution < -0.4 is 18.9 Å². The number of amides is 1. The van der Waals surface area contributed by atoms with Crippen LogP contribution in [0.25, 0.3) is 5.76 Å². The van der Waals surface area contributed by atoms with Crippen LogP contribution in [0.3, 0.4) is 0 Å². The van der Waals surface area contributed by atoms with Crippen LogP contribution >= 0.6 is 0 Å². The fraction of sp³-hybridized carbons (Fsp3) is 0.188. The number of likely N-dealkylation sites (tertiary alicyclic amines) is 1. The fourth-order valence-electron chi connectivity index (χ4n) is 5.02. The first-order chi connectivity index (χ1) is 20.0. The minimum Gasteiger partial charge on any atom is -0.507 e. The van der Waals surface area contributed by atoms with Crippen molar-refractivity contribution in [2.75, 3.05) is 20.3 Å². The Morgan fingerprint density at radius 3 is 2.49 bits per heavy atom. The van der Waals surface area contributed by atoms with Crippen molar-refractivity contribution in [1.82, 2.24) is 4.90 Å². The third kappa shape index (κ3) is 5.09. The summed E-state index contributed by atoms with van der Waals surface area (Å²) in [5.41, 5.74) is 1.81. The lowest BCUT2D eigenvalue weighted by Crippen LogP contribution is -2.29. The molecule has 2 aliphatic rings. The van der Waals surface area contributed by atoms with Gasteiger partial charge in [0.25, 0.3) is 11.7 Å². The average molecular weight is 554 g/mol. The second-order valence-electron chi connectivity index (χ2n) is 9.55. The molecule has 41 heavy (non-hydrogen) atoms. The molecule has 3 heterocycles. The van der Waals surface area contributed by atoms with E-state index in [-0.39, 0.29) is 17.9 Å². The van der Waals surface area contributed by atoms with Crippen molar-refractivity contribution >= 4 is 17.4 Å². The molecule has 1 fully saturated rings. The normalized spacial score (nSPS) is 17.5. The molecule has 1 N–H and O–H groups in total. The van der Waals surface area contributed by atoms with Crippen LogP contribution in [-0.2, 0) is 22.7 Å². The van der Waals surface area contributed by atoms with Gasteiger partial charge in [0.1, 0.15) is 31.3 Å². The van der Waals surface area contributed by atoms with Crippen LogP contribution in [0.15, 0.2) is 95.1 Å². The largest absolute Gasteiger partial charge is 0.507 e. The summed E-state index contributed by atoms with van der Waals surface area (Å²) in [5.74, 6) is 0.505. The fourth-order valence-corrected chi connectivity index (χ4v) is 5.02. The first kappa shape index (κ1) is 26.1. The summed E-state index contributed by atoms with van der Waals surface area (Å²) in [7, 11) is 1.52. The first-order valence-corrected chi connectivity index (χ1v) is 13.1. The molecule has 0 radical (unpaired) electrons. The van der Waals surface area contributed by atoms with E-state index < -0.39 is 17.7 Å². The molecule has 6 rings (SSSR count). The highest BCUT2D eigenvalue weighted by molar-refractivity contribution is 6.46. The van der Waals surface area contributed by atoms with E-state index in [1.54, 1.807) is 48.5 Å².